The zero-order valence-corrected chi connectivity index (χ0v) is 9.76. The van der Waals surface area contributed by atoms with Crippen LogP contribution in [0.25, 0.3) is 0 Å². The summed E-state index contributed by atoms with van der Waals surface area (Å²) in [5.74, 6) is 0.194. The zero-order chi connectivity index (χ0) is 11.6. The lowest BCUT2D eigenvalue weighted by Gasteiger charge is -2.14. The Morgan fingerprint density at radius 3 is 2.35 bits per heavy atom. The molecule has 4 nitrogen and oxygen atoms in total. The third kappa shape index (κ3) is 1.05. The maximum atomic E-state index is 12.3. The molecule has 5 heteroatoms. The fraction of sp³-hybridized carbons (Fsp3) is 0.417. The molecular weight excluding hydrogens is 236 g/mol. The minimum absolute atomic E-state index is 0.0493. The number of allylic oxidation sites excluding steroid dienone is 2. The van der Waals surface area contributed by atoms with E-state index in [2.05, 4.69) is 17.1 Å². The van der Waals surface area contributed by atoms with Crippen molar-refractivity contribution in [3.8, 4) is 0 Å². The molecule has 1 aliphatic heterocycles. The summed E-state index contributed by atoms with van der Waals surface area (Å²) < 4.78 is 0. The summed E-state index contributed by atoms with van der Waals surface area (Å²) in [6, 6.07) is 0. The first kappa shape index (κ1) is 9.53. The second kappa shape index (κ2) is 3.04. The quantitative estimate of drug-likeness (QED) is 0.556. The molecule has 2 bridgehead atoms. The predicted molar refractivity (Wildman–Crippen MR) is 62.3 cm³/mol. The van der Waals surface area contributed by atoms with E-state index in [1.807, 2.05) is 0 Å². The van der Waals surface area contributed by atoms with Crippen LogP contribution in [0.2, 0.25) is 0 Å². The Hall–Kier alpha value is -1.49. The van der Waals surface area contributed by atoms with E-state index in [1.54, 1.807) is 11.6 Å². The maximum absolute atomic E-state index is 12.3. The van der Waals surface area contributed by atoms with Crippen molar-refractivity contribution in [3.05, 3.63) is 23.7 Å². The molecule has 86 valence electrons. The molecule has 1 aromatic heterocycles. The van der Waals surface area contributed by atoms with E-state index in [0.717, 1.165) is 6.42 Å². The molecule has 2 amide bonds. The van der Waals surface area contributed by atoms with Crippen molar-refractivity contribution >= 4 is 28.3 Å². The van der Waals surface area contributed by atoms with E-state index in [9.17, 15) is 9.59 Å². The van der Waals surface area contributed by atoms with Gasteiger partial charge in [-0.05, 0) is 18.3 Å². The van der Waals surface area contributed by atoms with E-state index in [-0.39, 0.29) is 35.5 Å². The second-order valence-electron chi connectivity index (χ2n) is 4.83. The summed E-state index contributed by atoms with van der Waals surface area (Å²) >= 11 is 1.34. The molecule has 17 heavy (non-hydrogen) atoms. The largest absolute Gasteiger partial charge is 0.274 e. The highest BCUT2D eigenvalue weighted by Gasteiger charge is 2.60. The molecule has 1 saturated carbocycles. The van der Waals surface area contributed by atoms with Gasteiger partial charge in [-0.25, -0.2) is 9.88 Å². The number of anilines is 1. The van der Waals surface area contributed by atoms with Gasteiger partial charge in [-0.2, -0.15) is 0 Å². The summed E-state index contributed by atoms with van der Waals surface area (Å²) in [6.45, 7) is 0. The summed E-state index contributed by atoms with van der Waals surface area (Å²) in [5, 5.41) is 2.31. The van der Waals surface area contributed by atoms with Crippen LogP contribution in [-0.2, 0) is 9.59 Å². The highest BCUT2D eigenvalue weighted by Crippen LogP contribution is 2.53. The minimum atomic E-state index is -0.124. The lowest BCUT2D eigenvalue weighted by atomic mass is 9.85. The first-order valence-electron chi connectivity index (χ1n) is 5.73. The number of nitrogens with zero attached hydrogens (tertiary/aromatic N) is 2. The van der Waals surface area contributed by atoms with Crippen LogP contribution in [0.5, 0.6) is 0 Å². The lowest BCUT2D eigenvalue weighted by molar-refractivity contribution is -0.123. The van der Waals surface area contributed by atoms with Crippen LogP contribution in [0.1, 0.15) is 6.42 Å². The predicted octanol–water partition coefficient (Wildman–Crippen LogP) is 1.45. The molecule has 0 radical (unpaired) electrons. The van der Waals surface area contributed by atoms with Crippen LogP contribution in [0, 0.1) is 23.7 Å². The van der Waals surface area contributed by atoms with Crippen LogP contribution in [-0.4, -0.2) is 16.8 Å². The zero-order valence-electron chi connectivity index (χ0n) is 8.95. The molecular formula is C12H10N2O2S. The number of hydrogen-bond acceptors (Lipinski definition) is 4. The molecule has 0 unspecified atom stereocenters. The van der Waals surface area contributed by atoms with Crippen molar-refractivity contribution in [3.63, 3.8) is 0 Å². The Balaban J connectivity index is 1.79. The van der Waals surface area contributed by atoms with E-state index in [0.29, 0.717) is 5.13 Å². The van der Waals surface area contributed by atoms with Gasteiger partial charge in [0.05, 0.1) is 11.8 Å². The van der Waals surface area contributed by atoms with Crippen molar-refractivity contribution in [2.75, 3.05) is 4.90 Å². The van der Waals surface area contributed by atoms with Gasteiger partial charge in [-0.1, -0.05) is 12.2 Å². The molecule has 4 rings (SSSR count). The van der Waals surface area contributed by atoms with Gasteiger partial charge < -0.3 is 0 Å². The minimum Gasteiger partial charge on any atom is -0.274 e. The van der Waals surface area contributed by atoms with E-state index >= 15 is 0 Å². The third-order valence-corrected chi connectivity index (χ3v) is 4.84. The van der Waals surface area contributed by atoms with E-state index < -0.39 is 0 Å². The number of aromatic nitrogens is 1. The third-order valence-electron chi connectivity index (χ3n) is 4.08. The van der Waals surface area contributed by atoms with E-state index in [1.165, 1.54) is 16.2 Å². The highest BCUT2D eigenvalue weighted by atomic mass is 32.1. The van der Waals surface area contributed by atoms with Crippen molar-refractivity contribution in [1.82, 2.24) is 4.98 Å². The Kier molecular flexibility index (Phi) is 1.71. The maximum Gasteiger partial charge on any atom is 0.240 e. The molecule has 2 heterocycles. The molecule has 0 spiro atoms. The fourth-order valence-corrected chi connectivity index (χ4v) is 4.07. The number of fused-ring (bicyclic) bond motifs is 5. The van der Waals surface area contributed by atoms with Gasteiger partial charge in [0.1, 0.15) is 0 Å². The number of carbonyl (C=O) groups excluding carboxylic acids is 2. The second-order valence-corrected chi connectivity index (χ2v) is 5.70. The summed E-state index contributed by atoms with van der Waals surface area (Å²) in [4.78, 5) is 30.0. The topological polar surface area (TPSA) is 50.3 Å². The van der Waals surface area contributed by atoms with E-state index in [4.69, 9.17) is 0 Å². The molecule has 2 aliphatic carbocycles. The SMILES string of the molecule is O=C1[C@H]2[C@H](C(=O)N1c1nccs1)[C@H]1C=C[C@@H]2C1. The summed E-state index contributed by atoms with van der Waals surface area (Å²) in [5.41, 5.74) is 0. The molecule has 2 fully saturated rings. The first-order valence-corrected chi connectivity index (χ1v) is 6.61. The van der Waals surface area contributed by atoms with Gasteiger partial charge >= 0.3 is 0 Å². The Morgan fingerprint density at radius 1 is 1.18 bits per heavy atom. The van der Waals surface area contributed by atoms with Crippen molar-refractivity contribution < 1.29 is 9.59 Å². The molecule has 3 aliphatic rings. The van der Waals surface area contributed by atoms with Gasteiger partial charge in [-0.3, -0.25) is 9.59 Å². The Morgan fingerprint density at radius 2 is 1.82 bits per heavy atom. The molecule has 4 atom stereocenters. The van der Waals surface area contributed by atoms with Crippen LogP contribution >= 0.6 is 11.3 Å². The Bertz CT molecular complexity index is 507. The number of thiazole rings is 1. The van der Waals surface area contributed by atoms with Crippen molar-refractivity contribution in [2.24, 2.45) is 23.7 Å². The number of amides is 2. The first-order chi connectivity index (χ1) is 8.27. The molecule has 0 N–H and O–H groups in total. The van der Waals surface area contributed by atoms with Gasteiger partial charge in [-0.15, -0.1) is 11.3 Å². The van der Waals surface area contributed by atoms with Crippen molar-refractivity contribution in [2.45, 2.75) is 6.42 Å². The van der Waals surface area contributed by atoms with Gasteiger partial charge in [0.2, 0.25) is 11.8 Å². The number of carbonyl (C=O) groups is 2. The van der Waals surface area contributed by atoms with Gasteiger partial charge in [0, 0.05) is 11.6 Å². The fourth-order valence-electron chi connectivity index (χ4n) is 3.42. The van der Waals surface area contributed by atoms with Crippen molar-refractivity contribution in [1.29, 1.82) is 0 Å². The van der Waals surface area contributed by atoms with Gasteiger partial charge in [0.25, 0.3) is 0 Å². The van der Waals surface area contributed by atoms with Gasteiger partial charge in [0.15, 0.2) is 5.13 Å². The molecule has 0 aromatic carbocycles. The lowest BCUT2D eigenvalue weighted by Crippen LogP contribution is -2.32. The molecule has 1 aromatic rings. The number of rotatable bonds is 1. The smallest absolute Gasteiger partial charge is 0.240 e. The van der Waals surface area contributed by atoms with Crippen LogP contribution in [0.4, 0.5) is 5.13 Å². The average molecular weight is 246 g/mol. The summed E-state index contributed by atoms with van der Waals surface area (Å²) in [7, 11) is 0. The monoisotopic (exact) mass is 246 g/mol. The Labute approximate surface area is 102 Å². The van der Waals surface area contributed by atoms with Crippen LogP contribution in [0.3, 0.4) is 0 Å². The normalized spacial score (nSPS) is 38.2. The van der Waals surface area contributed by atoms with Crippen LogP contribution in [0.15, 0.2) is 23.7 Å². The average Bonchev–Trinajstić information content (AvgIpc) is 3.03. The molecule has 1 saturated heterocycles. The summed E-state index contributed by atoms with van der Waals surface area (Å²) in [6.07, 6.45) is 6.80. The number of imide groups is 1. The number of hydrogen-bond donors (Lipinski definition) is 0. The van der Waals surface area contributed by atoms with Crippen LogP contribution < -0.4 is 4.90 Å². The highest BCUT2D eigenvalue weighted by molar-refractivity contribution is 7.14. The standard InChI is InChI=1S/C12H10N2O2S/c15-10-8-6-1-2-7(5-6)9(8)11(16)14(10)12-13-3-4-17-12/h1-4,6-9H,5H2/t6-,7+,8-,9-/m1/s1.